The summed E-state index contributed by atoms with van der Waals surface area (Å²) in [4.78, 5) is 2.48. The van der Waals surface area contributed by atoms with Crippen molar-refractivity contribution >= 4 is 0 Å². The third-order valence-electron chi connectivity index (χ3n) is 6.15. The van der Waals surface area contributed by atoms with Gasteiger partial charge in [0.25, 0.3) is 0 Å². The Morgan fingerprint density at radius 3 is 2.44 bits per heavy atom. The number of rotatable bonds is 4. The number of benzene rings is 2. The number of aromatic hydroxyl groups is 1. The van der Waals surface area contributed by atoms with Crippen LogP contribution in [0.3, 0.4) is 0 Å². The summed E-state index contributed by atoms with van der Waals surface area (Å²) in [6, 6.07) is 18.0. The van der Waals surface area contributed by atoms with E-state index in [2.05, 4.69) is 29.3 Å². The fraction of sp³-hybridized carbons (Fsp3) is 0.429. The van der Waals surface area contributed by atoms with Crippen LogP contribution in [0.1, 0.15) is 24.1 Å². The molecular weight excluding hydrogens is 312 g/mol. The van der Waals surface area contributed by atoms with Crippen LogP contribution in [0.2, 0.25) is 0 Å². The molecule has 0 unspecified atom stereocenters. The summed E-state index contributed by atoms with van der Waals surface area (Å²) in [5.41, 5.74) is 1.92. The molecule has 0 aromatic heterocycles. The molecule has 2 heterocycles. The summed E-state index contributed by atoms with van der Waals surface area (Å²) in [7, 11) is 0. The van der Waals surface area contributed by atoms with E-state index in [0.717, 1.165) is 25.2 Å². The van der Waals surface area contributed by atoms with Gasteiger partial charge in [0.2, 0.25) is 0 Å². The lowest BCUT2D eigenvalue weighted by molar-refractivity contribution is 0.127. The molecule has 2 aliphatic rings. The SMILES string of the molecule is CCN1C[C@H]2[C@@H](c3ccc(O)cc3)N[C@](CO)(c3ccccc3)[C@H]2C1. The highest BCUT2D eigenvalue weighted by Crippen LogP contribution is 2.51. The van der Waals surface area contributed by atoms with Crippen LogP contribution >= 0.6 is 0 Å². The van der Waals surface area contributed by atoms with E-state index < -0.39 is 5.54 Å². The molecule has 4 atom stereocenters. The molecular formula is C21H26N2O2. The maximum Gasteiger partial charge on any atom is 0.115 e. The second-order valence-corrected chi connectivity index (χ2v) is 7.33. The topological polar surface area (TPSA) is 55.7 Å². The standard InChI is InChI=1S/C21H26N2O2/c1-2-23-12-18-19(13-23)21(14-24,16-6-4-3-5-7-16)22-20(18)15-8-10-17(25)11-9-15/h3-11,18-20,22,24-25H,2,12-14H2,1H3/t18-,19+,20-,21-/m1/s1. The molecule has 2 fully saturated rings. The van der Waals surface area contributed by atoms with Crippen LogP contribution in [0.4, 0.5) is 0 Å². The molecule has 3 N–H and O–H groups in total. The number of nitrogens with one attached hydrogen (secondary N) is 1. The number of likely N-dealkylation sites (tertiary alicyclic amines) is 1. The van der Waals surface area contributed by atoms with Gasteiger partial charge in [-0.15, -0.1) is 0 Å². The third kappa shape index (κ3) is 2.65. The summed E-state index contributed by atoms with van der Waals surface area (Å²) in [6.07, 6.45) is 0. The van der Waals surface area contributed by atoms with E-state index in [1.165, 1.54) is 5.56 Å². The molecule has 132 valence electrons. The Hall–Kier alpha value is -1.88. The van der Waals surface area contributed by atoms with E-state index in [0.29, 0.717) is 11.8 Å². The average molecular weight is 338 g/mol. The van der Waals surface area contributed by atoms with E-state index in [-0.39, 0.29) is 18.4 Å². The Balaban J connectivity index is 1.77. The van der Waals surface area contributed by atoms with Gasteiger partial charge in [-0.3, -0.25) is 5.32 Å². The number of hydrogen-bond acceptors (Lipinski definition) is 4. The number of fused-ring (bicyclic) bond motifs is 1. The molecule has 0 spiro atoms. The first-order valence-electron chi connectivity index (χ1n) is 9.13. The molecule has 0 amide bonds. The van der Waals surface area contributed by atoms with Crippen molar-refractivity contribution in [3.05, 3.63) is 65.7 Å². The Kier molecular flexibility index (Phi) is 4.28. The Bertz CT molecular complexity index is 718. The molecule has 0 radical (unpaired) electrons. The highest BCUT2D eigenvalue weighted by atomic mass is 16.3. The minimum Gasteiger partial charge on any atom is -0.508 e. The number of aliphatic hydroxyl groups is 1. The smallest absolute Gasteiger partial charge is 0.115 e. The molecule has 2 aliphatic heterocycles. The molecule has 4 nitrogen and oxygen atoms in total. The van der Waals surface area contributed by atoms with Gasteiger partial charge in [-0.25, -0.2) is 0 Å². The zero-order chi connectivity index (χ0) is 17.4. The predicted molar refractivity (Wildman–Crippen MR) is 98.3 cm³/mol. The lowest BCUT2D eigenvalue weighted by Gasteiger charge is -2.35. The maximum atomic E-state index is 10.5. The molecule has 4 heteroatoms. The van der Waals surface area contributed by atoms with Gasteiger partial charge in [-0.1, -0.05) is 49.4 Å². The molecule has 0 bridgehead atoms. The number of nitrogens with zero attached hydrogens (tertiary/aromatic N) is 1. The van der Waals surface area contributed by atoms with E-state index in [1.54, 1.807) is 12.1 Å². The maximum absolute atomic E-state index is 10.5. The fourth-order valence-corrected chi connectivity index (χ4v) is 4.82. The number of phenols is 1. The first kappa shape index (κ1) is 16.6. The first-order chi connectivity index (χ1) is 12.2. The van der Waals surface area contributed by atoms with Gasteiger partial charge in [0, 0.05) is 25.0 Å². The first-order valence-corrected chi connectivity index (χ1v) is 9.13. The monoisotopic (exact) mass is 338 g/mol. The van der Waals surface area contributed by atoms with Crippen molar-refractivity contribution in [1.82, 2.24) is 10.2 Å². The molecule has 4 rings (SSSR count). The van der Waals surface area contributed by atoms with Gasteiger partial charge in [-0.2, -0.15) is 0 Å². The zero-order valence-corrected chi connectivity index (χ0v) is 14.6. The van der Waals surface area contributed by atoms with Crippen LogP contribution in [-0.2, 0) is 5.54 Å². The molecule has 25 heavy (non-hydrogen) atoms. The Labute approximate surface area is 149 Å². The minimum atomic E-state index is -0.418. The summed E-state index contributed by atoms with van der Waals surface area (Å²) in [6.45, 7) is 5.36. The van der Waals surface area contributed by atoms with Crippen molar-refractivity contribution in [2.45, 2.75) is 18.5 Å². The Morgan fingerprint density at radius 1 is 1.08 bits per heavy atom. The highest BCUT2D eigenvalue weighted by Gasteiger charge is 2.57. The van der Waals surface area contributed by atoms with Gasteiger partial charge in [0.05, 0.1) is 12.1 Å². The molecule has 0 aliphatic carbocycles. The minimum absolute atomic E-state index is 0.0876. The van der Waals surface area contributed by atoms with Gasteiger partial charge in [-0.05, 0) is 35.7 Å². The normalized spacial score (nSPS) is 32.0. The van der Waals surface area contributed by atoms with Crippen LogP contribution in [0.15, 0.2) is 54.6 Å². The van der Waals surface area contributed by atoms with Crippen LogP contribution in [0.5, 0.6) is 5.75 Å². The van der Waals surface area contributed by atoms with E-state index >= 15 is 0 Å². The van der Waals surface area contributed by atoms with Crippen molar-refractivity contribution in [3.8, 4) is 5.75 Å². The van der Waals surface area contributed by atoms with Gasteiger partial charge >= 0.3 is 0 Å². The van der Waals surface area contributed by atoms with Crippen LogP contribution < -0.4 is 5.32 Å². The predicted octanol–water partition coefficient (Wildman–Crippen LogP) is 2.49. The number of hydrogen-bond donors (Lipinski definition) is 3. The van der Waals surface area contributed by atoms with Crippen LogP contribution in [0.25, 0.3) is 0 Å². The van der Waals surface area contributed by atoms with Gasteiger partial charge < -0.3 is 15.1 Å². The molecule has 2 saturated heterocycles. The lowest BCUT2D eigenvalue weighted by atomic mass is 9.76. The van der Waals surface area contributed by atoms with Gasteiger partial charge in [0.1, 0.15) is 5.75 Å². The summed E-state index contributed by atoms with van der Waals surface area (Å²) < 4.78 is 0. The van der Waals surface area contributed by atoms with E-state index in [1.807, 2.05) is 30.3 Å². The quantitative estimate of drug-likeness (QED) is 0.802. The lowest BCUT2D eigenvalue weighted by Crippen LogP contribution is -2.48. The van der Waals surface area contributed by atoms with Crippen molar-refractivity contribution in [2.24, 2.45) is 11.8 Å². The van der Waals surface area contributed by atoms with Crippen LogP contribution in [0, 0.1) is 11.8 Å². The molecule has 2 aromatic rings. The van der Waals surface area contributed by atoms with Crippen molar-refractivity contribution in [1.29, 1.82) is 0 Å². The number of phenolic OH excluding ortho intramolecular Hbond substituents is 1. The average Bonchev–Trinajstić information content (AvgIpc) is 3.21. The highest BCUT2D eigenvalue weighted by molar-refractivity contribution is 5.35. The fourth-order valence-electron chi connectivity index (χ4n) is 4.82. The molecule has 0 saturated carbocycles. The van der Waals surface area contributed by atoms with Crippen molar-refractivity contribution in [2.75, 3.05) is 26.2 Å². The third-order valence-corrected chi connectivity index (χ3v) is 6.15. The second-order valence-electron chi connectivity index (χ2n) is 7.33. The van der Waals surface area contributed by atoms with Crippen LogP contribution in [-0.4, -0.2) is 41.4 Å². The molecule has 2 aromatic carbocycles. The van der Waals surface area contributed by atoms with Gasteiger partial charge in [0.15, 0.2) is 0 Å². The zero-order valence-electron chi connectivity index (χ0n) is 14.6. The van der Waals surface area contributed by atoms with E-state index in [4.69, 9.17) is 0 Å². The second kappa shape index (κ2) is 6.45. The summed E-state index contributed by atoms with van der Waals surface area (Å²) >= 11 is 0. The summed E-state index contributed by atoms with van der Waals surface area (Å²) in [5.74, 6) is 1.09. The van der Waals surface area contributed by atoms with E-state index in [9.17, 15) is 10.2 Å². The van der Waals surface area contributed by atoms with Crippen molar-refractivity contribution < 1.29 is 10.2 Å². The summed E-state index contributed by atoms with van der Waals surface area (Å²) in [5, 5.41) is 23.9. The number of aliphatic hydroxyl groups excluding tert-OH is 1. The Morgan fingerprint density at radius 2 is 1.80 bits per heavy atom. The van der Waals surface area contributed by atoms with Crippen molar-refractivity contribution in [3.63, 3.8) is 0 Å². The largest absolute Gasteiger partial charge is 0.508 e.